The Balaban J connectivity index is 1.49. The van der Waals surface area contributed by atoms with E-state index in [0.717, 1.165) is 43.5 Å². The van der Waals surface area contributed by atoms with Crippen molar-refractivity contribution in [3.05, 3.63) is 131 Å². The van der Waals surface area contributed by atoms with E-state index in [1.165, 1.54) is 4.31 Å². The first-order chi connectivity index (χ1) is 19.0. The third-order valence-electron chi connectivity index (χ3n) is 6.28. The second-order valence-electron chi connectivity index (χ2n) is 8.94. The van der Waals surface area contributed by atoms with Gasteiger partial charge in [0.15, 0.2) is 5.16 Å². The average molecular weight is 619 g/mol. The van der Waals surface area contributed by atoms with Crippen molar-refractivity contribution in [2.45, 2.75) is 30.1 Å². The number of hydrogen-bond donors (Lipinski definition) is 0. The molecule has 0 spiro atoms. The van der Waals surface area contributed by atoms with E-state index < -0.39 is 10.0 Å². The van der Waals surface area contributed by atoms with Crippen molar-refractivity contribution in [3.8, 4) is 16.9 Å². The minimum Gasteiger partial charge on any atom is -0.287 e. The maximum Gasteiger partial charge on any atom is 0.243 e. The predicted octanol–water partition coefficient (Wildman–Crippen LogP) is 7.80. The summed E-state index contributed by atoms with van der Waals surface area (Å²) in [5.74, 6) is 0.892. The van der Waals surface area contributed by atoms with Crippen LogP contribution in [0, 0.1) is 0 Å². The van der Waals surface area contributed by atoms with Crippen molar-refractivity contribution < 1.29 is 8.42 Å². The van der Waals surface area contributed by atoms with Crippen LogP contribution in [-0.2, 0) is 23.1 Å². The summed E-state index contributed by atoms with van der Waals surface area (Å²) in [6.45, 7) is 2.67. The molecular weight excluding hydrogens is 590 g/mol. The SMILES string of the molecule is CCSc1ncc(-c2ccc(S(=O)(=O)N(Cc3ccccc3)Cc3ccccc3)cc2)n1-c1ccc(Br)cc1. The molecule has 198 valence electrons. The van der Waals surface area contributed by atoms with Crippen LogP contribution in [0.15, 0.2) is 130 Å². The molecule has 0 fully saturated rings. The molecule has 0 amide bonds. The molecule has 0 aliphatic heterocycles. The van der Waals surface area contributed by atoms with Crippen LogP contribution in [0.5, 0.6) is 0 Å². The molecule has 1 aromatic heterocycles. The number of rotatable bonds is 10. The molecule has 5 nitrogen and oxygen atoms in total. The van der Waals surface area contributed by atoms with E-state index >= 15 is 0 Å². The first-order valence-electron chi connectivity index (χ1n) is 12.6. The van der Waals surface area contributed by atoms with Gasteiger partial charge in [-0.3, -0.25) is 4.57 Å². The monoisotopic (exact) mass is 617 g/mol. The van der Waals surface area contributed by atoms with Gasteiger partial charge in [0, 0.05) is 28.8 Å². The van der Waals surface area contributed by atoms with Crippen LogP contribution in [0.1, 0.15) is 18.1 Å². The van der Waals surface area contributed by atoms with E-state index in [-0.39, 0.29) is 18.0 Å². The van der Waals surface area contributed by atoms with Crippen LogP contribution in [0.4, 0.5) is 0 Å². The quantitative estimate of drug-likeness (QED) is 0.150. The summed E-state index contributed by atoms with van der Waals surface area (Å²) in [6, 6.07) is 34.6. The molecule has 8 heteroatoms. The summed E-state index contributed by atoms with van der Waals surface area (Å²) in [5.41, 5.74) is 4.67. The predicted molar refractivity (Wildman–Crippen MR) is 162 cm³/mol. The summed E-state index contributed by atoms with van der Waals surface area (Å²) in [4.78, 5) is 4.92. The van der Waals surface area contributed by atoms with Gasteiger partial charge < -0.3 is 0 Å². The number of benzene rings is 4. The fourth-order valence-corrected chi connectivity index (χ4v) is 6.75. The van der Waals surface area contributed by atoms with E-state index in [2.05, 4.69) is 32.4 Å². The highest BCUT2D eigenvalue weighted by atomic mass is 79.9. The lowest BCUT2D eigenvalue weighted by molar-refractivity contribution is 0.401. The summed E-state index contributed by atoms with van der Waals surface area (Å²) >= 11 is 5.18. The van der Waals surface area contributed by atoms with Crippen molar-refractivity contribution in [2.24, 2.45) is 0 Å². The third kappa shape index (κ3) is 6.36. The zero-order valence-electron chi connectivity index (χ0n) is 21.4. The third-order valence-corrected chi connectivity index (χ3v) is 9.45. The number of aromatic nitrogens is 2. The highest BCUT2D eigenvalue weighted by Gasteiger charge is 2.25. The van der Waals surface area contributed by atoms with Gasteiger partial charge in [-0.15, -0.1) is 0 Å². The molecule has 0 aliphatic rings. The maximum absolute atomic E-state index is 13.9. The van der Waals surface area contributed by atoms with Crippen molar-refractivity contribution >= 4 is 37.7 Å². The Morgan fingerprint density at radius 3 is 1.90 bits per heavy atom. The van der Waals surface area contributed by atoms with E-state index in [1.807, 2.05) is 103 Å². The minimum absolute atomic E-state index is 0.260. The lowest BCUT2D eigenvalue weighted by Gasteiger charge is -2.23. The van der Waals surface area contributed by atoms with E-state index in [9.17, 15) is 8.42 Å². The summed E-state index contributed by atoms with van der Waals surface area (Å²) in [6.07, 6.45) is 1.85. The van der Waals surface area contributed by atoms with Gasteiger partial charge in [-0.25, -0.2) is 13.4 Å². The summed E-state index contributed by atoms with van der Waals surface area (Å²) in [7, 11) is -3.77. The van der Waals surface area contributed by atoms with Crippen LogP contribution in [0.25, 0.3) is 16.9 Å². The molecule has 0 N–H and O–H groups in total. The number of hydrogen-bond acceptors (Lipinski definition) is 4. The van der Waals surface area contributed by atoms with Gasteiger partial charge in [0.1, 0.15) is 0 Å². The van der Waals surface area contributed by atoms with Crippen LogP contribution in [-0.4, -0.2) is 28.0 Å². The second kappa shape index (κ2) is 12.3. The number of sulfonamides is 1. The molecule has 0 atom stereocenters. The van der Waals surface area contributed by atoms with Gasteiger partial charge in [0.25, 0.3) is 0 Å². The molecule has 0 saturated carbocycles. The molecule has 0 aliphatic carbocycles. The molecule has 5 rings (SSSR count). The Morgan fingerprint density at radius 1 is 0.795 bits per heavy atom. The van der Waals surface area contributed by atoms with Crippen molar-refractivity contribution in [1.82, 2.24) is 13.9 Å². The Labute approximate surface area is 242 Å². The molecule has 0 saturated heterocycles. The largest absolute Gasteiger partial charge is 0.287 e. The summed E-state index contributed by atoms with van der Waals surface area (Å²) < 4.78 is 32.4. The van der Waals surface area contributed by atoms with Crippen molar-refractivity contribution in [2.75, 3.05) is 5.75 Å². The molecule has 0 radical (unpaired) electrons. The van der Waals surface area contributed by atoms with Gasteiger partial charge in [-0.2, -0.15) is 4.31 Å². The molecule has 0 unspecified atom stereocenters. The Kier molecular flexibility index (Phi) is 8.67. The van der Waals surface area contributed by atoms with Crippen LogP contribution >= 0.6 is 27.7 Å². The first kappa shape index (κ1) is 27.4. The average Bonchev–Trinajstić information content (AvgIpc) is 3.38. The topological polar surface area (TPSA) is 55.2 Å². The zero-order valence-corrected chi connectivity index (χ0v) is 24.7. The number of halogens is 1. The lowest BCUT2D eigenvalue weighted by Crippen LogP contribution is -2.30. The first-order valence-corrected chi connectivity index (χ1v) is 15.8. The van der Waals surface area contributed by atoms with Gasteiger partial charge in [-0.05, 0) is 53.3 Å². The highest BCUT2D eigenvalue weighted by Crippen LogP contribution is 2.31. The fraction of sp³-hybridized carbons (Fsp3) is 0.129. The van der Waals surface area contributed by atoms with Crippen molar-refractivity contribution in [1.29, 1.82) is 0 Å². The number of nitrogens with zero attached hydrogens (tertiary/aromatic N) is 3. The zero-order chi connectivity index (χ0) is 27.2. The fourth-order valence-electron chi connectivity index (χ4n) is 4.36. The lowest BCUT2D eigenvalue weighted by atomic mass is 10.1. The Bertz CT molecular complexity index is 1580. The molecule has 5 aromatic rings. The second-order valence-corrected chi connectivity index (χ2v) is 13.0. The number of imidazole rings is 1. The van der Waals surface area contributed by atoms with Gasteiger partial charge in [0.05, 0.1) is 16.8 Å². The van der Waals surface area contributed by atoms with Crippen molar-refractivity contribution in [3.63, 3.8) is 0 Å². The van der Waals surface area contributed by atoms with Crippen LogP contribution < -0.4 is 0 Å². The van der Waals surface area contributed by atoms with Gasteiger partial charge >= 0.3 is 0 Å². The molecular formula is C31H28BrN3O2S2. The molecule has 1 heterocycles. The van der Waals surface area contributed by atoms with E-state index in [1.54, 1.807) is 23.9 Å². The van der Waals surface area contributed by atoms with Gasteiger partial charge in [-0.1, -0.05) is 107 Å². The normalized spacial score (nSPS) is 11.7. The Morgan fingerprint density at radius 2 is 1.36 bits per heavy atom. The molecule has 4 aromatic carbocycles. The van der Waals surface area contributed by atoms with Crippen LogP contribution in [0.3, 0.4) is 0 Å². The standard InChI is InChI=1S/C31H28BrN3O2S2/c1-2-38-31-33-21-30(35(31)28-17-15-27(32)16-18-28)26-13-19-29(20-14-26)39(36,37)34(22-24-9-5-3-6-10-24)23-25-11-7-4-8-12-25/h3-21H,2,22-23H2,1H3. The molecule has 0 bridgehead atoms. The Hall–Kier alpha value is -3.17. The summed E-state index contributed by atoms with van der Waals surface area (Å²) in [5, 5.41) is 0.892. The smallest absolute Gasteiger partial charge is 0.243 e. The highest BCUT2D eigenvalue weighted by molar-refractivity contribution is 9.10. The minimum atomic E-state index is -3.77. The van der Waals surface area contributed by atoms with Gasteiger partial charge in [0.2, 0.25) is 10.0 Å². The number of thioether (sulfide) groups is 1. The van der Waals surface area contributed by atoms with E-state index in [0.29, 0.717) is 0 Å². The molecule has 39 heavy (non-hydrogen) atoms. The van der Waals surface area contributed by atoms with E-state index in [4.69, 9.17) is 0 Å². The maximum atomic E-state index is 13.9. The van der Waals surface area contributed by atoms with Crippen LogP contribution in [0.2, 0.25) is 0 Å².